The van der Waals surface area contributed by atoms with Crippen molar-refractivity contribution in [1.82, 2.24) is 0 Å². The highest BCUT2D eigenvalue weighted by molar-refractivity contribution is 5.88. The normalized spacial score (nSPS) is 40.4. The van der Waals surface area contributed by atoms with Crippen molar-refractivity contribution in [2.45, 2.75) is 124 Å². The van der Waals surface area contributed by atoms with Crippen molar-refractivity contribution in [2.24, 2.45) is 0 Å². The SMILES string of the molecule is CC1O[C@@H](OCC2O[C@@H](Oc3c(-c4ccc(O)cc4)oc4cc(O)cc(O)c4c3=O)C(O[C@@H]3OC(CO)[C@@H](O)[C@@H](O)C3O)[C@H](O)[C@@H]2O)C(O)[C@@H](O[C@@H]2OC[C@@H](O)[C@@H](O)C2O)[C@H]1O. The molecule has 62 heavy (non-hydrogen) atoms. The number of benzene rings is 2. The van der Waals surface area contributed by atoms with Crippen molar-refractivity contribution >= 4 is 11.0 Å². The highest BCUT2D eigenvalue weighted by Crippen LogP contribution is 2.39. The van der Waals surface area contributed by atoms with Crippen LogP contribution in [0.25, 0.3) is 22.3 Å². The van der Waals surface area contributed by atoms with Crippen LogP contribution in [-0.4, -0.2) is 208 Å². The summed E-state index contributed by atoms with van der Waals surface area (Å²) in [6, 6.07) is 6.95. The number of phenolic OH excluding ortho intramolecular Hbond substituents is 3. The van der Waals surface area contributed by atoms with Crippen molar-refractivity contribution in [3.63, 3.8) is 0 Å². The molecule has 344 valence electrons. The van der Waals surface area contributed by atoms with E-state index in [2.05, 4.69) is 0 Å². The zero-order chi connectivity index (χ0) is 44.9. The van der Waals surface area contributed by atoms with E-state index < -0.39 is 165 Å². The number of phenols is 3. The van der Waals surface area contributed by atoms with Gasteiger partial charge in [-0.3, -0.25) is 4.79 Å². The summed E-state index contributed by atoms with van der Waals surface area (Å²) in [6.07, 6.45) is -33.7. The van der Waals surface area contributed by atoms with Gasteiger partial charge in [0.2, 0.25) is 17.5 Å². The van der Waals surface area contributed by atoms with E-state index in [-0.39, 0.29) is 22.7 Å². The van der Waals surface area contributed by atoms with Crippen molar-refractivity contribution in [3.05, 3.63) is 46.6 Å². The lowest BCUT2D eigenvalue weighted by molar-refractivity contribution is -0.366. The summed E-state index contributed by atoms with van der Waals surface area (Å²) >= 11 is 0. The Kier molecular flexibility index (Phi) is 13.9. The Morgan fingerprint density at radius 3 is 1.98 bits per heavy atom. The molecular formula is C38H48O24. The molecule has 0 spiro atoms. The Morgan fingerprint density at radius 2 is 1.29 bits per heavy atom. The minimum Gasteiger partial charge on any atom is -0.508 e. The van der Waals surface area contributed by atoms with Gasteiger partial charge in [-0.15, -0.1) is 0 Å². The van der Waals surface area contributed by atoms with E-state index in [0.29, 0.717) is 0 Å². The fourth-order valence-electron chi connectivity index (χ4n) is 7.45. The van der Waals surface area contributed by atoms with Crippen LogP contribution >= 0.6 is 0 Å². The molecule has 0 saturated carbocycles. The van der Waals surface area contributed by atoms with Gasteiger partial charge >= 0.3 is 0 Å². The maximum absolute atomic E-state index is 14.2. The number of hydrogen-bond acceptors (Lipinski definition) is 24. The molecule has 3 aromatic rings. The van der Waals surface area contributed by atoms with Crippen LogP contribution in [0.4, 0.5) is 0 Å². The Labute approximate surface area is 349 Å². The molecule has 2 aromatic carbocycles. The molecule has 24 heteroatoms. The molecule has 1 aromatic heterocycles. The van der Waals surface area contributed by atoms with E-state index >= 15 is 0 Å². The molecule has 24 nitrogen and oxygen atoms in total. The van der Waals surface area contributed by atoms with Crippen molar-refractivity contribution < 1.29 is 114 Å². The summed E-state index contributed by atoms with van der Waals surface area (Å²) in [5.41, 5.74) is -1.33. The first-order valence-electron chi connectivity index (χ1n) is 19.3. The van der Waals surface area contributed by atoms with Gasteiger partial charge in [-0.05, 0) is 31.2 Å². The molecule has 0 aliphatic carbocycles. The Hall–Kier alpha value is -3.87. The molecule has 4 saturated heterocycles. The van der Waals surface area contributed by atoms with Crippen molar-refractivity contribution in [2.75, 3.05) is 19.8 Å². The lowest BCUT2D eigenvalue weighted by Gasteiger charge is -2.46. The fraction of sp³-hybridized carbons (Fsp3) is 0.605. The Balaban J connectivity index is 1.20. The van der Waals surface area contributed by atoms with Crippen LogP contribution in [0, 0.1) is 0 Å². The quantitative estimate of drug-likeness (QED) is 0.0856. The molecule has 5 heterocycles. The maximum Gasteiger partial charge on any atom is 0.239 e. The zero-order valence-electron chi connectivity index (χ0n) is 32.4. The summed E-state index contributed by atoms with van der Waals surface area (Å²) in [5.74, 6) is -2.55. The van der Waals surface area contributed by atoms with E-state index in [4.69, 9.17) is 42.3 Å². The van der Waals surface area contributed by atoms with Crippen molar-refractivity contribution in [1.29, 1.82) is 0 Å². The predicted octanol–water partition coefficient (Wildman–Crippen LogP) is -5.11. The van der Waals surface area contributed by atoms with Gasteiger partial charge in [0.25, 0.3) is 0 Å². The minimum atomic E-state index is -2.13. The van der Waals surface area contributed by atoms with Crippen LogP contribution in [0.2, 0.25) is 0 Å². The molecule has 0 bridgehead atoms. The third-order valence-corrected chi connectivity index (χ3v) is 11.0. The van der Waals surface area contributed by atoms with Crippen LogP contribution in [0.15, 0.2) is 45.6 Å². The second-order valence-electron chi connectivity index (χ2n) is 15.3. The van der Waals surface area contributed by atoms with Gasteiger partial charge in [0.1, 0.15) is 108 Å². The molecule has 7 rings (SSSR count). The number of hydrogen-bond donors (Lipinski definition) is 14. The second-order valence-corrected chi connectivity index (χ2v) is 15.3. The fourth-order valence-corrected chi connectivity index (χ4v) is 7.45. The van der Waals surface area contributed by atoms with Gasteiger partial charge in [-0.1, -0.05) is 0 Å². The van der Waals surface area contributed by atoms with Gasteiger partial charge in [0.05, 0.1) is 25.9 Å². The molecule has 4 fully saturated rings. The lowest BCUT2D eigenvalue weighted by Crippen LogP contribution is -2.65. The number of aromatic hydroxyl groups is 3. The smallest absolute Gasteiger partial charge is 0.239 e. The Bertz CT molecular complexity index is 2050. The number of rotatable bonds is 11. The average molecular weight is 889 g/mol. The van der Waals surface area contributed by atoms with Gasteiger partial charge < -0.3 is 114 Å². The average Bonchev–Trinajstić information content (AvgIpc) is 3.23. The molecule has 0 amide bonds. The highest BCUT2D eigenvalue weighted by atomic mass is 16.8. The molecule has 19 atom stereocenters. The highest BCUT2D eigenvalue weighted by Gasteiger charge is 2.53. The van der Waals surface area contributed by atoms with Crippen LogP contribution in [0.5, 0.6) is 23.0 Å². The van der Waals surface area contributed by atoms with Gasteiger partial charge in [0, 0.05) is 17.7 Å². The number of fused-ring (bicyclic) bond motifs is 1. The zero-order valence-corrected chi connectivity index (χ0v) is 32.4. The molecule has 0 radical (unpaired) electrons. The number of aliphatic hydroxyl groups is 11. The third-order valence-electron chi connectivity index (χ3n) is 11.0. The Morgan fingerprint density at radius 1 is 0.645 bits per heavy atom. The molecule has 7 unspecified atom stereocenters. The summed E-state index contributed by atoms with van der Waals surface area (Å²) in [5, 5.41) is 147. The van der Waals surface area contributed by atoms with Gasteiger partial charge in [-0.2, -0.15) is 0 Å². The van der Waals surface area contributed by atoms with Gasteiger partial charge in [-0.25, -0.2) is 0 Å². The van der Waals surface area contributed by atoms with Crippen LogP contribution in [-0.2, 0) is 33.2 Å². The summed E-state index contributed by atoms with van der Waals surface area (Å²) in [6.45, 7) is -0.743. The first kappa shape index (κ1) is 46.1. The summed E-state index contributed by atoms with van der Waals surface area (Å²) < 4.78 is 51.5. The molecular weight excluding hydrogens is 840 g/mol. The minimum absolute atomic E-state index is 0.0793. The number of aliphatic hydroxyl groups excluding tert-OH is 11. The van der Waals surface area contributed by atoms with Crippen molar-refractivity contribution in [3.8, 4) is 34.3 Å². The lowest BCUT2D eigenvalue weighted by atomic mass is 9.97. The molecule has 14 N–H and O–H groups in total. The standard InChI is InChI=1S/C38H48O24/c1-11-21(44)32(60-35-28(51)22(45)16(43)9-54-35)30(53)36(56-11)55-10-19-24(47)27(50)34(62-37-29(52)26(49)23(46)18(8-39)58-37)38(59-19)61-33-25(48)20-15(42)6-14(41)7-17(20)57-31(33)12-2-4-13(40)5-3-12/h2-7,11,16,18-19,21-24,26-30,32,34-47,49-53H,8-10H2,1H3/t11?,16-,18?,19?,21+,22-,23-,24-,26-,27-,28?,29?,30?,32+,34?,35+,36-,37+,38+/m1/s1. The van der Waals surface area contributed by atoms with Crippen LogP contribution < -0.4 is 10.2 Å². The van der Waals surface area contributed by atoms with E-state index in [9.17, 15) is 76.3 Å². The molecule has 4 aliphatic heterocycles. The second kappa shape index (κ2) is 18.7. The van der Waals surface area contributed by atoms with E-state index in [0.717, 1.165) is 12.1 Å². The van der Waals surface area contributed by atoms with Crippen LogP contribution in [0.1, 0.15) is 6.92 Å². The van der Waals surface area contributed by atoms with Gasteiger partial charge in [0.15, 0.2) is 30.7 Å². The largest absolute Gasteiger partial charge is 0.508 e. The van der Waals surface area contributed by atoms with Crippen LogP contribution in [0.3, 0.4) is 0 Å². The maximum atomic E-state index is 14.2. The third kappa shape index (κ3) is 8.94. The summed E-state index contributed by atoms with van der Waals surface area (Å²) in [4.78, 5) is 14.2. The first-order valence-corrected chi connectivity index (χ1v) is 19.3. The number of ether oxygens (including phenoxy) is 8. The van der Waals surface area contributed by atoms with E-state index in [1.165, 1.54) is 31.2 Å². The summed E-state index contributed by atoms with van der Waals surface area (Å²) in [7, 11) is 0. The van der Waals surface area contributed by atoms with E-state index in [1.54, 1.807) is 0 Å². The predicted molar refractivity (Wildman–Crippen MR) is 198 cm³/mol. The van der Waals surface area contributed by atoms with E-state index in [1.807, 2.05) is 0 Å². The first-order chi connectivity index (χ1) is 29.4. The molecule has 4 aliphatic rings. The topological polar surface area (TPSA) is 387 Å². The monoisotopic (exact) mass is 888 g/mol.